The van der Waals surface area contributed by atoms with Gasteiger partial charge in [0.05, 0.1) is 12.7 Å². The molecule has 2 N–H and O–H groups in total. The summed E-state index contributed by atoms with van der Waals surface area (Å²) in [6.07, 6.45) is 4.60. The first kappa shape index (κ1) is 23.3. The molecule has 0 saturated carbocycles. The predicted molar refractivity (Wildman–Crippen MR) is 127 cm³/mol. The number of nitrogens with zero attached hydrogens (tertiary/aromatic N) is 1. The van der Waals surface area contributed by atoms with E-state index in [0.717, 1.165) is 56.2 Å². The average molecular weight is 434 g/mol. The zero-order valence-corrected chi connectivity index (χ0v) is 20.1. The van der Waals surface area contributed by atoms with E-state index in [4.69, 9.17) is 21.7 Å². The van der Waals surface area contributed by atoms with E-state index >= 15 is 0 Å². The van der Waals surface area contributed by atoms with Crippen molar-refractivity contribution in [1.29, 1.82) is 0 Å². The van der Waals surface area contributed by atoms with E-state index in [9.17, 15) is 0 Å². The van der Waals surface area contributed by atoms with Crippen molar-refractivity contribution in [3.63, 3.8) is 0 Å². The van der Waals surface area contributed by atoms with Gasteiger partial charge in [-0.3, -0.25) is 0 Å². The Labute approximate surface area is 187 Å². The molecule has 2 fully saturated rings. The molecule has 2 saturated heterocycles. The van der Waals surface area contributed by atoms with Gasteiger partial charge in [0.15, 0.2) is 5.11 Å². The van der Waals surface area contributed by atoms with Crippen LogP contribution in [-0.4, -0.2) is 53.0 Å². The molecule has 0 aliphatic carbocycles. The summed E-state index contributed by atoms with van der Waals surface area (Å²) in [4.78, 5) is 2.28. The Hall–Kier alpha value is -1.37. The van der Waals surface area contributed by atoms with Crippen LogP contribution in [0.3, 0.4) is 0 Å². The quantitative estimate of drug-likeness (QED) is 0.627. The van der Waals surface area contributed by atoms with Crippen LogP contribution < -0.4 is 15.4 Å². The van der Waals surface area contributed by atoms with E-state index in [1.165, 1.54) is 5.56 Å². The van der Waals surface area contributed by atoms with Gasteiger partial charge in [-0.2, -0.15) is 0 Å². The molecule has 30 heavy (non-hydrogen) atoms. The molecule has 0 aromatic heterocycles. The van der Waals surface area contributed by atoms with Crippen molar-refractivity contribution in [2.24, 2.45) is 0 Å². The van der Waals surface area contributed by atoms with Crippen molar-refractivity contribution in [2.75, 3.05) is 19.8 Å². The highest BCUT2D eigenvalue weighted by atomic mass is 32.1. The number of hydrogen-bond acceptors (Lipinski definition) is 4. The van der Waals surface area contributed by atoms with Crippen molar-refractivity contribution in [2.45, 2.75) is 90.1 Å². The minimum Gasteiger partial charge on any atom is -0.494 e. The Balaban J connectivity index is 1.68. The van der Waals surface area contributed by atoms with Gasteiger partial charge >= 0.3 is 0 Å². The van der Waals surface area contributed by atoms with Crippen LogP contribution in [0.15, 0.2) is 24.3 Å². The molecule has 1 aromatic rings. The van der Waals surface area contributed by atoms with Crippen LogP contribution in [0.4, 0.5) is 0 Å². The average Bonchev–Trinajstić information content (AvgIpc) is 3.13. The van der Waals surface area contributed by atoms with Gasteiger partial charge in [0.1, 0.15) is 5.75 Å². The summed E-state index contributed by atoms with van der Waals surface area (Å²) in [6.45, 7) is 14.2. The fourth-order valence-corrected chi connectivity index (χ4v) is 5.33. The van der Waals surface area contributed by atoms with Gasteiger partial charge in [0, 0.05) is 36.8 Å². The summed E-state index contributed by atoms with van der Waals surface area (Å²) >= 11 is 5.92. The van der Waals surface area contributed by atoms with Gasteiger partial charge < -0.3 is 25.0 Å². The monoisotopic (exact) mass is 433 g/mol. The Morgan fingerprint density at radius 3 is 2.43 bits per heavy atom. The van der Waals surface area contributed by atoms with E-state index in [-0.39, 0.29) is 17.2 Å². The third kappa shape index (κ3) is 6.82. The van der Waals surface area contributed by atoms with Crippen LogP contribution in [0.25, 0.3) is 0 Å². The van der Waals surface area contributed by atoms with E-state index < -0.39 is 0 Å². The number of nitrogens with one attached hydrogen (secondary N) is 2. The van der Waals surface area contributed by atoms with Gasteiger partial charge in [-0.05, 0) is 90.2 Å². The van der Waals surface area contributed by atoms with Crippen LogP contribution in [0.1, 0.15) is 65.9 Å². The second-order valence-electron chi connectivity index (χ2n) is 10.0. The van der Waals surface area contributed by atoms with Gasteiger partial charge in [-0.15, -0.1) is 0 Å². The number of piperidine rings is 1. The molecule has 5 nitrogen and oxygen atoms in total. The number of ether oxygens (including phenoxy) is 2. The molecular formula is C24H39N3O2S. The Kier molecular flexibility index (Phi) is 7.64. The van der Waals surface area contributed by atoms with Crippen molar-refractivity contribution in [3.05, 3.63) is 29.8 Å². The summed E-state index contributed by atoms with van der Waals surface area (Å²) in [7, 11) is 0. The van der Waals surface area contributed by atoms with Gasteiger partial charge in [0.25, 0.3) is 0 Å². The van der Waals surface area contributed by atoms with E-state index in [2.05, 4.69) is 55.4 Å². The maximum Gasteiger partial charge on any atom is 0.169 e. The smallest absolute Gasteiger partial charge is 0.169 e. The number of hydrogen-bond donors (Lipinski definition) is 2. The lowest BCUT2D eigenvalue weighted by Crippen LogP contribution is -2.63. The first-order valence-electron chi connectivity index (χ1n) is 11.3. The van der Waals surface area contributed by atoms with Crippen LogP contribution >= 0.6 is 12.2 Å². The third-order valence-corrected chi connectivity index (χ3v) is 6.24. The van der Waals surface area contributed by atoms with E-state index in [1.54, 1.807) is 0 Å². The molecule has 0 spiro atoms. The summed E-state index contributed by atoms with van der Waals surface area (Å²) in [5.74, 6) is 0.909. The molecule has 6 heteroatoms. The molecule has 3 rings (SSSR count). The lowest BCUT2D eigenvalue weighted by atomic mass is 9.80. The van der Waals surface area contributed by atoms with Crippen LogP contribution in [-0.2, 0) is 11.3 Å². The predicted octanol–water partition coefficient (Wildman–Crippen LogP) is 4.25. The van der Waals surface area contributed by atoms with Crippen LogP contribution in [0.2, 0.25) is 0 Å². The van der Waals surface area contributed by atoms with Crippen molar-refractivity contribution < 1.29 is 9.47 Å². The molecule has 2 heterocycles. The first-order valence-corrected chi connectivity index (χ1v) is 11.7. The second-order valence-corrected chi connectivity index (χ2v) is 10.4. The van der Waals surface area contributed by atoms with Crippen molar-refractivity contribution in [1.82, 2.24) is 15.5 Å². The highest BCUT2D eigenvalue weighted by Crippen LogP contribution is 2.29. The molecule has 0 bridgehead atoms. The summed E-state index contributed by atoms with van der Waals surface area (Å²) in [5.41, 5.74) is 1.40. The highest BCUT2D eigenvalue weighted by molar-refractivity contribution is 7.80. The molecule has 2 aliphatic rings. The molecule has 1 unspecified atom stereocenters. The van der Waals surface area contributed by atoms with Gasteiger partial charge in [0.2, 0.25) is 0 Å². The van der Waals surface area contributed by atoms with E-state index in [1.807, 2.05) is 19.1 Å². The molecule has 1 aromatic carbocycles. The van der Waals surface area contributed by atoms with Gasteiger partial charge in [-0.1, -0.05) is 12.1 Å². The van der Waals surface area contributed by atoms with Crippen LogP contribution in [0.5, 0.6) is 5.75 Å². The fourth-order valence-electron chi connectivity index (χ4n) is 5.02. The molecule has 1 atom stereocenters. The lowest BCUT2D eigenvalue weighted by Gasteiger charge is -2.47. The fraction of sp³-hybridized carbons (Fsp3) is 0.708. The van der Waals surface area contributed by atoms with Crippen molar-refractivity contribution in [3.8, 4) is 5.75 Å². The molecular weight excluding hydrogens is 394 g/mol. The first-order chi connectivity index (χ1) is 14.2. The summed E-state index contributed by atoms with van der Waals surface area (Å²) < 4.78 is 11.5. The zero-order valence-electron chi connectivity index (χ0n) is 19.3. The minimum atomic E-state index is 0.0868. The van der Waals surface area contributed by atoms with Gasteiger partial charge in [-0.25, -0.2) is 0 Å². The second kappa shape index (κ2) is 9.84. The van der Waals surface area contributed by atoms with Crippen molar-refractivity contribution >= 4 is 17.3 Å². The molecule has 168 valence electrons. The minimum absolute atomic E-state index is 0.0868. The third-order valence-electron chi connectivity index (χ3n) is 5.86. The number of rotatable bonds is 7. The largest absolute Gasteiger partial charge is 0.494 e. The summed E-state index contributed by atoms with van der Waals surface area (Å²) in [6, 6.07) is 8.70. The topological polar surface area (TPSA) is 45.8 Å². The van der Waals surface area contributed by atoms with Crippen LogP contribution in [0, 0.1) is 0 Å². The summed E-state index contributed by atoms with van der Waals surface area (Å²) in [5, 5.41) is 8.27. The maximum absolute atomic E-state index is 5.92. The SMILES string of the molecule is CCOc1ccc(CN(CC2CCCO2)C(=S)NC2CC(C)(C)NC(C)(C)C2)cc1. The Morgan fingerprint density at radius 1 is 1.20 bits per heavy atom. The Morgan fingerprint density at radius 2 is 1.87 bits per heavy atom. The maximum atomic E-state index is 5.92. The standard InChI is InChI=1S/C24H39N3O2S/c1-6-28-20-11-9-18(10-12-20)16-27(17-21-8-7-13-29-21)22(30)25-19-14-23(2,3)26-24(4,5)15-19/h9-12,19,21,26H,6-8,13-17H2,1-5H3,(H,25,30). The highest BCUT2D eigenvalue weighted by Gasteiger charge is 2.38. The lowest BCUT2D eigenvalue weighted by molar-refractivity contribution is 0.0887. The number of thiocarbonyl (C=S) groups is 1. The molecule has 2 aliphatic heterocycles. The normalized spacial score (nSPS) is 23.2. The zero-order chi connectivity index (χ0) is 21.8. The van der Waals surface area contributed by atoms with E-state index in [0.29, 0.717) is 12.6 Å². The number of benzene rings is 1. The Bertz CT molecular complexity index is 683. The molecule has 0 radical (unpaired) electrons. The molecule has 0 amide bonds.